The van der Waals surface area contributed by atoms with Crippen LogP contribution in [-0.4, -0.2) is 29.4 Å². The summed E-state index contributed by atoms with van der Waals surface area (Å²) in [7, 11) is 0. The van der Waals surface area contributed by atoms with E-state index in [0.717, 1.165) is 6.54 Å². The topological polar surface area (TPSA) is 58.4 Å². The van der Waals surface area contributed by atoms with Crippen LogP contribution in [0.4, 0.5) is 0 Å². The molecule has 1 fully saturated rings. The predicted octanol–water partition coefficient (Wildman–Crippen LogP) is 0.731. The first-order valence-corrected chi connectivity index (χ1v) is 5.73. The molecular formula is C11H23N3O. The highest BCUT2D eigenvalue weighted by atomic mass is 16.2. The summed E-state index contributed by atoms with van der Waals surface area (Å²) in [6.07, 6.45) is 1.24. The molecule has 1 amide bonds. The average molecular weight is 213 g/mol. The Morgan fingerprint density at radius 3 is 2.60 bits per heavy atom. The third kappa shape index (κ3) is 2.69. The molecule has 1 heterocycles. The molecule has 1 saturated heterocycles. The largest absolute Gasteiger partial charge is 0.293 e. The molecule has 4 unspecified atom stereocenters. The maximum Gasteiger partial charge on any atom is 0.250 e. The summed E-state index contributed by atoms with van der Waals surface area (Å²) in [5.74, 6) is 6.37. The van der Waals surface area contributed by atoms with E-state index >= 15 is 0 Å². The Morgan fingerprint density at radius 1 is 1.47 bits per heavy atom. The first-order valence-electron chi connectivity index (χ1n) is 5.73. The Bertz CT molecular complexity index is 232. The second kappa shape index (κ2) is 4.94. The van der Waals surface area contributed by atoms with Gasteiger partial charge in [-0.2, -0.15) is 0 Å². The number of nitrogens with zero attached hydrogens (tertiary/aromatic N) is 1. The third-order valence-electron chi connectivity index (χ3n) is 3.66. The minimum absolute atomic E-state index is 0.0943. The van der Waals surface area contributed by atoms with E-state index in [1.165, 1.54) is 6.42 Å². The Labute approximate surface area is 92.2 Å². The van der Waals surface area contributed by atoms with Gasteiger partial charge in [-0.05, 0) is 32.1 Å². The molecule has 0 aromatic heterocycles. The van der Waals surface area contributed by atoms with Crippen molar-refractivity contribution in [3.8, 4) is 0 Å². The van der Waals surface area contributed by atoms with Crippen LogP contribution in [0.3, 0.4) is 0 Å². The van der Waals surface area contributed by atoms with Crippen LogP contribution < -0.4 is 11.3 Å². The highest BCUT2D eigenvalue weighted by molar-refractivity contribution is 5.80. The van der Waals surface area contributed by atoms with Crippen molar-refractivity contribution >= 4 is 5.91 Å². The van der Waals surface area contributed by atoms with E-state index in [0.29, 0.717) is 17.9 Å². The number of carbonyl (C=O) groups is 1. The quantitative estimate of drug-likeness (QED) is 0.404. The number of amides is 1. The molecule has 0 bridgehead atoms. The molecule has 1 aliphatic rings. The lowest BCUT2D eigenvalue weighted by atomic mass is 9.85. The zero-order valence-corrected chi connectivity index (χ0v) is 10.2. The average Bonchev–Trinajstić information content (AvgIpc) is 2.21. The summed E-state index contributed by atoms with van der Waals surface area (Å²) in [6, 6.07) is 0.323. The Morgan fingerprint density at radius 2 is 2.07 bits per heavy atom. The molecular weight excluding hydrogens is 190 g/mol. The van der Waals surface area contributed by atoms with E-state index in [9.17, 15) is 4.79 Å². The lowest BCUT2D eigenvalue weighted by Crippen LogP contribution is -2.55. The lowest BCUT2D eigenvalue weighted by Gasteiger charge is -2.43. The van der Waals surface area contributed by atoms with E-state index < -0.39 is 0 Å². The molecule has 0 saturated carbocycles. The van der Waals surface area contributed by atoms with Gasteiger partial charge in [0.05, 0.1) is 6.04 Å². The van der Waals surface area contributed by atoms with Gasteiger partial charge in [-0.3, -0.25) is 15.1 Å². The summed E-state index contributed by atoms with van der Waals surface area (Å²) in [4.78, 5) is 13.7. The molecule has 0 aromatic carbocycles. The van der Waals surface area contributed by atoms with Gasteiger partial charge in [0.15, 0.2) is 0 Å². The van der Waals surface area contributed by atoms with Crippen LogP contribution in [0.1, 0.15) is 34.1 Å². The summed E-state index contributed by atoms with van der Waals surface area (Å²) in [5, 5.41) is 0. The van der Waals surface area contributed by atoms with Crippen LogP contribution in [0, 0.1) is 11.8 Å². The number of carbonyl (C=O) groups excluding carboxylic acids is 1. The van der Waals surface area contributed by atoms with Gasteiger partial charge >= 0.3 is 0 Å². The van der Waals surface area contributed by atoms with Crippen molar-refractivity contribution in [3.63, 3.8) is 0 Å². The second-order valence-electron chi connectivity index (χ2n) is 4.94. The van der Waals surface area contributed by atoms with Crippen molar-refractivity contribution < 1.29 is 4.79 Å². The summed E-state index contributed by atoms with van der Waals surface area (Å²) in [6.45, 7) is 9.59. The number of nitrogens with two attached hydrogens (primary N) is 1. The number of hydrogen-bond donors (Lipinski definition) is 2. The van der Waals surface area contributed by atoms with Crippen molar-refractivity contribution in [2.75, 3.05) is 6.54 Å². The SMILES string of the molecule is CC1CC(C)C(C)N(C(C)C(=O)NN)C1. The van der Waals surface area contributed by atoms with E-state index in [2.05, 4.69) is 31.1 Å². The molecule has 0 aromatic rings. The highest BCUT2D eigenvalue weighted by Gasteiger charge is 2.33. The highest BCUT2D eigenvalue weighted by Crippen LogP contribution is 2.28. The molecule has 1 aliphatic heterocycles. The Hall–Kier alpha value is -0.610. The molecule has 0 radical (unpaired) electrons. The van der Waals surface area contributed by atoms with Crippen LogP contribution in [0.25, 0.3) is 0 Å². The summed E-state index contributed by atoms with van der Waals surface area (Å²) >= 11 is 0. The predicted molar refractivity (Wildman–Crippen MR) is 60.9 cm³/mol. The van der Waals surface area contributed by atoms with E-state index in [1.807, 2.05) is 6.92 Å². The maximum absolute atomic E-state index is 11.5. The van der Waals surface area contributed by atoms with Crippen molar-refractivity contribution in [1.82, 2.24) is 10.3 Å². The Balaban J connectivity index is 2.70. The van der Waals surface area contributed by atoms with E-state index in [4.69, 9.17) is 5.84 Å². The first kappa shape index (κ1) is 12.5. The molecule has 15 heavy (non-hydrogen) atoms. The molecule has 1 rings (SSSR count). The summed E-state index contributed by atoms with van der Waals surface area (Å²) in [5.41, 5.74) is 2.23. The van der Waals surface area contributed by atoms with E-state index in [1.54, 1.807) is 0 Å². The van der Waals surface area contributed by atoms with Crippen molar-refractivity contribution in [3.05, 3.63) is 0 Å². The number of hydrazine groups is 1. The lowest BCUT2D eigenvalue weighted by molar-refractivity contribution is -0.128. The smallest absolute Gasteiger partial charge is 0.250 e. The number of likely N-dealkylation sites (tertiary alicyclic amines) is 1. The molecule has 4 atom stereocenters. The van der Waals surface area contributed by atoms with Crippen LogP contribution >= 0.6 is 0 Å². The fraction of sp³-hybridized carbons (Fsp3) is 0.909. The fourth-order valence-corrected chi connectivity index (χ4v) is 2.54. The minimum atomic E-state index is -0.129. The monoisotopic (exact) mass is 213 g/mol. The first-order chi connectivity index (χ1) is 6.97. The second-order valence-corrected chi connectivity index (χ2v) is 4.94. The van der Waals surface area contributed by atoms with Crippen molar-refractivity contribution in [1.29, 1.82) is 0 Å². The van der Waals surface area contributed by atoms with Crippen molar-refractivity contribution in [2.45, 2.75) is 46.2 Å². The van der Waals surface area contributed by atoms with Crippen LogP contribution in [0.2, 0.25) is 0 Å². The standard InChI is InChI=1S/C11H23N3O/c1-7-5-8(2)9(3)14(6-7)10(4)11(15)13-12/h7-10H,5-6,12H2,1-4H3,(H,13,15). The minimum Gasteiger partial charge on any atom is -0.293 e. The maximum atomic E-state index is 11.5. The summed E-state index contributed by atoms with van der Waals surface area (Å²) < 4.78 is 0. The van der Waals surface area contributed by atoms with E-state index in [-0.39, 0.29) is 11.9 Å². The number of piperidine rings is 1. The molecule has 0 aliphatic carbocycles. The van der Waals surface area contributed by atoms with Crippen LogP contribution in [0.15, 0.2) is 0 Å². The number of rotatable bonds is 2. The van der Waals surface area contributed by atoms with Gasteiger partial charge in [-0.15, -0.1) is 0 Å². The molecule has 4 heteroatoms. The number of hydrogen-bond acceptors (Lipinski definition) is 3. The Kier molecular flexibility index (Phi) is 4.11. The zero-order valence-electron chi connectivity index (χ0n) is 10.2. The van der Waals surface area contributed by atoms with Gasteiger partial charge in [0.1, 0.15) is 0 Å². The normalized spacial score (nSPS) is 34.9. The number of nitrogens with one attached hydrogen (secondary N) is 1. The van der Waals surface area contributed by atoms with Gasteiger partial charge < -0.3 is 0 Å². The zero-order chi connectivity index (χ0) is 11.6. The van der Waals surface area contributed by atoms with Crippen LogP contribution in [-0.2, 0) is 4.79 Å². The van der Waals surface area contributed by atoms with Gasteiger partial charge in [-0.1, -0.05) is 13.8 Å². The van der Waals surface area contributed by atoms with Crippen molar-refractivity contribution in [2.24, 2.45) is 17.7 Å². The van der Waals surface area contributed by atoms with Crippen LogP contribution in [0.5, 0.6) is 0 Å². The van der Waals surface area contributed by atoms with Gasteiger partial charge in [0.2, 0.25) is 0 Å². The van der Waals surface area contributed by atoms with Gasteiger partial charge in [0.25, 0.3) is 5.91 Å². The molecule has 88 valence electrons. The molecule has 3 N–H and O–H groups in total. The fourth-order valence-electron chi connectivity index (χ4n) is 2.54. The molecule has 0 spiro atoms. The molecule has 4 nitrogen and oxygen atoms in total. The van der Waals surface area contributed by atoms with Gasteiger partial charge in [-0.25, -0.2) is 5.84 Å². The third-order valence-corrected chi connectivity index (χ3v) is 3.66. The van der Waals surface area contributed by atoms with Gasteiger partial charge in [0, 0.05) is 12.6 Å².